The molecule has 1 N–H and O–H groups in total. The lowest BCUT2D eigenvalue weighted by Gasteiger charge is -2.33. The van der Waals surface area contributed by atoms with E-state index in [-0.39, 0.29) is 6.04 Å². The minimum atomic E-state index is -3.43. The van der Waals surface area contributed by atoms with Crippen LogP contribution in [-0.4, -0.2) is 45.0 Å². The number of nitrogens with zero attached hydrogens (tertiary/aromatic N) is 1. The van der Waals surface area contributed by atoms with E-state index in [1.807, 2.05) is 6.92 Å². The second-order valence-corrected chi connectivity index (χ2v) is 7.47. The standard InChI is InChI=1S/C15H22N2O3S/c1-2-17(13-4-3-8-16-11-13)21(18,19)14-5-6-15-12(10-14)7-9-20-15/h5-6,10,13,16H,2-4,7-9,11H2,1H3. The van der Waals surface area contributed by atoms with Gasteiger partial charge < -0.3 is 10.1 Å². The molecule has 116 valence electrons. The highest BCUT2D eigenvalue weighted by Crippen LogP contribution is 2.29. The Morgan fingerprint density at radius 2 is 2.29 bits per heavy atom. The number of ether oxygens (including phenoxy) is 1. The molecule has 0 amide bonds. The van der Waals surface area contributed by atoms with Crippen molar-refractivity contribution in [2.24, 2.45) is 0 Å². The van der Waals surface area contributed by atoms with E-state index in [1.54, 1.807) is 22.5 Å². The average molecular weight is 310 g/mol. The first-order valence-corrected chi connectivity index (χ1v) is 9.05. The molecule has 0 radical (unpaired) electrons. The number of rotatable bonds is 4. The summed E-state index contributed by atoms with van der Waals surface area (Å²) in [4.78, 5) is 0.388. The maximum Gasteiger partial charge on any atom is 0.243 e. The summed E-state index contributed by atoms with van der Waals surface area (Å²) < 4.78 is 32.9. The highest BCUT2D eigenvalue weighted by molar-refractivity contribution is 7.89. The van der Waals surface area contributed by atoms with Crippen molar-refractivity contribution in [2.45, 2.75) is 37.1 Å². The second kappa shape index (κ2) is 5.94. The summed E-state index contributed by atoms with van der Waals surface area (Å²) in [5, 5.41) is 3.29. The third-order valence-electron chi connectivity index (χ3n) is 4.26. The van der Waals surface area contributed by atoms with Gasteiger partial charge in [0.1, 0.15) is 5.75 Å². The molecule has 0 bridgehead atoms. The largest absolute Gasteiger partial charge is 0.493 e. The number of hydrogen-bond donors (Lipinski definition) is 1. The predicted molar refractivity (Wildman–Crippen MR) is 81.1 cm³/mol. The first-order chi connectivity index (χ1) is 10.1. The van der Waals surface area contributed by atoms with E-state index in [4.69, 9.17) is 4.74 Å². The molecule has 0 saturated carbocycles. The van der Waals surface area contributed by atoms with Gasteiger partial charge in [-0.25, -0.2) is 8.42 Å². The van der Waals surface area contributed by atoms with Crippen molar-refractivity contribution < 1.29 is 13.2 Å². The number of piperidine rings is 1. The van der Waals surface area contributed by atoms with Gasteiger partial charge in [-0.3, -0.25) is 0 Å². The van der Waals surface area contributed by atoms with Crippen LogP contribution in [0.1, 0.15) is 25.3 Å². The maximum atomic E-state index is 12.9. The van der Waals surface area contributed by atoms with Crippen molar-refractivity contribution in [3.63, 3.8) is 0 Å². The Morgan fingerprint density at radius 3 is 3.00 bits per heavy atom. The Bertz CT molecular complexity index is 609. The molecule has 0 aromatic heterocycles. The molecule has 1 atom stereocenters. The summed E-state index contributed by atoms with van der Waals surface area (Å²) in [6.07, 6.45) is 2.73. The molecule has 2 aliphatic rings. The number of sulfonamides is 1. The molecule has 1 fully saturated rings. The summed E-state index contributed by atoms with van der Waals surface area (Å²) in [6.45, 7) is 4.76. The van der Waals surface area contributed by atoms with Gasteiger partial charge in [0.25, 0.3) is 0 Å². The fourth-order valence-corrected chi connectivity index (χ4v) is 4.88. The Hall–Kier alpha value is -1.11. The summed E-state index contributed by atoms with van der Waals surface area (Å²) >= 11 is 0. The van der Waals surface area contributed by atoms with Crippen LogP contribution in [-0.2, 0) is 16.4 Å². The van der Waals surface area contributed by atoms with Crippen LogP contribution in [0.25, 0.3) is 0 Å². The Balaban J connectivity index is 1.90. The second-order valence-electron chi connectivity index (χ2n) is 5.58. The van der Waals surface area contributed by atoms with Crippen LogP contribution in [0.3, 0.4) is 0 Å². The average Bonchev–Trinajstić information content (AvgIpc) is 2.96. The number of benzene rings is 1. The molecule has 5 nitrogen and oxygen atoms in total. The summed E-state index contributed by atoms with van der Waals surface area (Å²) in [5.74, 6) is 0.816. The van der Waals surface area contributed by atoms with Crippen molar-refractivity contribution in [1.29, 1.82) is 0 Å². The van der Waals surface area contributed by atoms with Gasteiger partial charge in [0.05, 0.1) is 11.5 Å². The molecule has 6 heteroatoms. The molecule has 3 rings (SSSR count). The van der Waals surface area contributed by atoms with E-state index >= 15 is 0 Å². The Labute approximate surface area is 126 Å². The van der Waals surface area contributed by atoms with Gasteiger partial charge >= 0.3 is 0 Å². The van der Waals surface area contributed by atoms with Crippen molar-refractivity contribution in [3.8, 4) is 5.75 Å². The quantitative estimate of drug-likeness (QED) is 0.913. The van der Waals surface area contributed by atoms with E-state index in [2.05, 4.69) is 5.32 Å². The fraction of sp³-hybridized carbons (Fsp3) is 0.600. The van der Waals surface area contributed by atoms with E-state index < -0.39 is 10.0 Å². The third-order valence-corrected chi connectivity index (χ3v) is 6.28. The highest BCUT2D eigenvalue weighted by atomic mass is 32.2. The van der Waals surface area contributed by atoms with Crippen LogP contribution < -0.4 is 10.1 Å². The minimum Gasteiger partial charge on any atom is -0.493 e. The van der Waals surface area contributed by atoms with Gasteiger partial charge in [0.2, 0.25) is 10.0 Å². The molecule has 21 heavy (non-hydrogen) atoms. The van der Waals surface area contributed by atoms with Crippen LogP contribution in [0.2, 0.25) is 0 Å². The lowest BCUT2D eigenvalue weighted by Crippen LogP contribution is -2.48. The number of likely N-dealkylation sites (N-methyl/N-ethyl adjacent to an activating group) is 1. The van der Waals surface area contributed by atoms with Crippen LogP contribution in [0, 0.1) is 0 Å². The zero-order chi connectivity index (χ0) is 14.9. The molecule has 1 aromatic carbocycles. The van der Waals surface area contributed by atoms with Gasteiger partial charge in [-0.05, 0) is 43.1 Å². The van der Waals surface area contributed by atoms with Crippen LogP contribution in [0.5, 0.6) is 5.75 Å². The maximum absolute atomic E-state index is 12.9. The zero-order valence-corrected chi connectivity index (χ0v) is 13.2. The smallest absolute Gasteiger partial charge is 0.243 e. The molecule has 2 heterocycles. The molecule has 2 aliphatic heterocycles. The zero-order valence-electron chi connectivity index (χ0n) is 12.3. The summed E-state index contributed by atoms with van der Waals surface area (Å²) in [7, 11) is -3.43. The van der Waals surface area contributed by atoms with E-state index in [9.17, 15) is 8.42 Å². The normalized spacial score (nSPS) is 22.1. The number of fused-ring (bicyclic) bond motifs is 1. The van der Waals surface area contributed by atoms with Crippen LogP contribution in [0.15, 0.2) is 23.1 Å². The first-order valence-electron chi connectivity index (χ1n) is 7.61. The molecule has 1 aromatic rings. The van der Waals surface area contributed by atoms with Gasteiger partial charge in [-0.15, -0.1) is 0 Å². The molecular formula is C15H22N2O3S. The molecule has 1 unspecified atom stereocenters. The van der Waals surface area contributed by atoms with Crippen molar-refractivity contribution in [2.75, 3.05) is 26.2 Å². The predicted octanol–water partition coefficient (Wildman–Crippen LogP) is 1.38. The molecule has 0 spiro atoms. The van der Waals surface area contributed by atoms with Gasteiger partial charge in [-0.1, -0.05) is 6.92 Å². The van der Waals surface area contributed by atoms with Crippen LogP contribution in [0.4, 0.5) is 0 Å². The first kappa shape index (κ1) is 14.8. The number of hydrogen-bond acceptors (Lipinski definition) is 4. The number of nitrogens with one attached hydrogen (secondary N) is 1. The van der Waals surface area contributed by atoms with E-state index in [0.29, 0.717) is 18.0 Å². The van der Waals surface area contributed by atoms with Gasteiger partial charge in [0.15, 0.2) is 0 Å². The fourth-order valence-electron chi connectivity index (χ4n) is 3.16. The van der Waals surface area contributed by atoms with Crippen molar-refractivity contribution >= 4 is 10.0 Å². The Kier molecular flexibility index (Phi) is 4.19. The van der Waals surface area contributed by atoms with Crippen molar-refractivity contribution in [3.05, 3.63) is 23.8 Å². The van der Waals surface area contributed by atoms with Crippen molar-refractivity contribution in [1.82, 2.24) is 9.62 Å². The van der Waals surface area contributed by atoms with E-state index in [0.717, 1.165) is 43.7 Å². The summed E-state index contributed by atoms with van der Waals surface area (Å²) in [5.41, 5.74) is 0.994. The van der Waals surface area contributed by atoms with Crippen LogP contribution >= 0.6 is 0 Å². The lowest BCUT2D eigenvalue weighted by atomic mass is 10.1. The third kappa shape index (κ3) is 2.80. The molecular weight excluding hydrogens is 288 g/mol. The Morgan fingerprint density at radius 1 is 1.43 bits per heavy atom. The lowest BCUT2D eigenvalue weighted by molar-refractivity contribution is 0.274. The van der Waals surface area contributed by atoms with Gasteiger partial charge in [0, 0.05) is 25.6 Å². The van der Waals surface area contributed by atoms with E-state index in [1.165, 1.54) is 0 Å². The molecule has 1 saturated heterocycles. The van der Waals surface area contributed by atoms with Gasteiger partial charge in [-0.2, -0.15) is 4.31 Å². The monoisotopic (exact) mass is 310 g/mol. The SMILES string of the molecule is CCN(C1CCCNC1)S(=O)(=O)c1ccc2c(c1)CCO2. The minimum absolute atomic E-state index is 0.0539. The highest BCUT2D eigenvalue weighted by Gasteiger charge is 2.31. The summed E-state index contributed by atoms with van der Waals surface area (Å²) in [6, 6.07) is 5.27. The topological polar surface area (TPSA) is 58.6 Å². The molecule has 0 aliphatic carbocycles.